The lowest BCUT2D eigenvalue weighted by Gasteiger charge is -2.20. The van der Waals surface area contributed by atoms with Gasteiger partial charge in [0.2, 0.25) is 5.91 Å². The Labute approximate surface area is 526 Å². The van der Waals surface area contributed by atoms with E-state index in [4.69, 9.17) is 4.74 Å². The second kappa shape index (κ2) is 73.8. The number of carbonyl (C=O) groups excluding carboxylic acids is 2. The first-order valence-corrected chi connectivity index (χ1v) is 38.6. The summed E-state index contributed by atoms with van der Waals surface area (Å²) in [5.41, 5.74) is 0. The summed E-state index contributed by atoms with van der Waals surface area (Å²) in [7, 11) is 0. The summed E-state index contributed by atoms with van der Waals surface area (Å²) in [6.07, 6.45) is 94.3. The number of carbonyl (C=O) groups is 2. The molecule has 0 aliphatic rings. The van der Waals surface area contributed by atoms with Crippen molar-refractivity contribution in [1.29, 1.82) is 0 Å². The zero-order valence-corrected chi connectivity index (χ0v) is 57.2. The van der Waals surface area contributed by atoms with Crippen LogP contribution in [0.5, 0.6) is 0 Å². The van der Waals surface area contributed by atoms with Crippen LogP contribution in [0.25, 0.3) is 0 Å². The summed E-state index contributed by atoms with van der Waals surface area (Å²) in [5, 5.41) is 23.3. The largest absolute Gasteiger partial charge is 0.466 e. The van der Waals surface area contributed by atoms with Crippen molar-refractivity contribution in [2.45, 2.75) is 450 Å². The Morgan fingerprint density at radius 3 is 0.845 bits per heavy atom. The molecule has 6 heteroatoms. The molecule has 0 aromatic carbocycles. The number of ether oxygens (including phenoxy) is 1. The number of unbranched alkanes of at least 4 members (excludes halogenated alkanes) is 60. The molecule has 1 amide bonds. The molecule has 0 fully saturated rings. The van der Waals surface area contributed by atoms with Crippen LogP contribution in [0.3, 0.4) is 0 Å². The van der Waals surface area contributed by atoms with Crippen molar-refractivity contribution >= 4 is 11.9 Å². The highest BCUT2D eigenvalue weighted by atomic mass is 16.5. The van der Waals surface area contributed by atoms with Crippen LogP contribution in [0, 0.1) is 0 Å². The molecule has 2 atom stereocenters. The van der Waals surface area contributed by atoms with Gasteiger partial charge in [-0.15, -0.1) is 0 Å². The maximum Gasteiger partial charge on any atom is 0.305 e. The number of amides is 1. The van der Waals surface area contributed by atoms with E-state index in [0.29, 0.717) is 19.4 Å². The monoisotopic (exact) mass is 1180 g/mol. The SMILES string of the molecule is CCCCCCCCCCCCCCCCCCCC/C=C/C(O)C(CO)NC(=O)CCCCCCCCCCCCCCC/C=C\CCCCCCCCCCCCCCOC(=O)CCCCCCCCCCCCCCCCCCCC. The number of nitrogens with one attached hydrogen (secondary N) is 1. The highest BCUT2D eigenvalue weighted by Gasteiger charge is 2.18. The van der Waals surface area contributed by atoms with E-state index in [2.05, 4.69) is 31.3 Å². The van der Waals surface area contributed by atoms with Crippen molar-refractivity contribution in [2.24, 2.45) is 0 Å². The fraction of sp³-hybridized carbons (Fsp3) is 0.923. The van der Waals surface area contributed by atoms with E-state index in [0.717, 1.165) is 38.5 Å². The van der Waals surface area contributed by atoms with E-state index in [1.54, 1.807) is 6.08 Å². The second-order valence-corrected chi connectivity index (χ2v) is 26.7. The minimum absolute atomic E-state index is 0.0216. The van der Waals surface area contributed by atoms with E-state index in [1.807, 2.05) is 6.08 Å². The third-order valence-corrected chi connectivity index (χ3v) is 18.2. The molecule has 0 aliphatic carbocycles. The lowest BCUT2D eigenvalue weighted by Crippen LogP contribution is -2.45. The Kier molecular flexibility index (Phi) is 72.3. The Hall–Kier alpha value is -1.66. The van der Waals surface area contributed by atoms with Crippen molar-refractivity contribution in [3.05, 3.63) is 24.3 Å². The third-order valence-electron chi connectivity index (χ3n) is 18.2. The van der Waals surface area contributed by atoms with Crippen LogP contribution in [0.15, 0.2) is 24.3 Å². The van der Waals surface area contributed by atoms with Gasteiger partial charge in [-0.2, -0.15) is 0 Å². The molecule has 3 N–H and O–H groups in total. The molecule has 498 valence electrons. The van der Waals surface area contributed by atoms with Crippen molar-refractivity contribution in [3.8, 4) is 0 Å². The second-order valence-electron chi connectivity index (χ2n) is 26.7. The maximum absolute atomic E-state index is 12.5. The number of hydrogen-bond donors (Lipinski definition) is 3. The molecule has 6 nitrogen and oxygen atoms in total. The number of hydrogen-bond acceptors (Lipinski definition) is 5. The normalized spacial score (nSPS) is 12.6. The van der Waals surface area contributed by atoms with Crippen LogP contribution < -0.4 is 5.32 Å². The van der Waals surface area contributed by atoms with Gasteiger partial charge in [0, 0.05) is 12.8 Å². The lowest BCUT2D eigenvalue weighted by atomic mass is 10.0. The molecule has 0 saturated carbocycles. The van der Waals surface area contributed by atoms with Gasteiger partial charge in [-0.3, -0.25) is 9.59 Å². The Bertz CT molecular complexity index is 1320. The molecular weight excluding hydrogens is 1030 g/mol. The van der Waals surface area contributed by atoms with Crippen molar-refractivity contribution < 1.29 is 24.5 Å². The number of allylic oxidation sites excluding steroid dienone is 3. The van der Waals surface area contributed by atoms with Crippen LogP contribution in [0.1, 0.15) is 438 Å². The van der Waals surface area contributed by atoms with E-state index < -0.39 is 12.1 Å². The molecule has 0 rings (SSSR count). The molecule has 0 aromatic rings. The molecule has 0 aliphatic heterocycles. The summed E-state index contributed by atoms with van der Waals surface area (Å²) in [6, 6.07) is -0.628. The van der Waals surface area contributed by atoms with Gasteiger partial charge in [0.05, 0.1) is 25.4 Å². The minimum Gasteiger partial charge on any atom is -0.466 e. The van der Waals surface area contributed by atoms with Crippen LogP contribution in [-0.2, 0) is 14.3 Å². The summed E-state index contributed by atoms with van der Waals surface area (Å²) >= 11 is 0. The fourth-order valence-electron chi connectivity index (χ4n) is 12.3. The summed E-state index contributed by atoms with van der Waals surface area (Å²) in [4.78, 5) is 24.7. The van der Waals surface area contributed by atoms with Gasteiger partial charge in [-0.25, -0.2) is 0 Å². The molecule has 0 aromatic heterocycles. The molecule has 0 spiro atoms. The number of aliphatic hydroxyl groups excluding tert-OH is 2. The van der Waals surface area contributed by atoms with Gasteiger partial charge < -0.3 is 20.3 Å². The van der Waals surface area contributed by atoms with Crippen LogP contribution >= 0.6 is 0 Å². The van der Waals surface area contributed by atoms with Gasteiger partial charge in [-0.05, 0) is 57.8 Å². The maximum atomic E-state index is 12.5. The molecule has 0 saturated heterocycles. The molecule has 2 unspecified atom stereocenters. The van der Waals surface area contributed by atoms with Crippen LogP contribution in [-0.4, -0.2) is 47.4 Å². The van der Waals surface area contributed by atoms with Gasteiger partial charge in [0.15, 0.2) is 0 Å². The van der Waals surface area contributed by atoms with Crippen LogP contribution in [0.2, 0.25) is 0 Å². The highest BCUT2D eigenvalue weighted by Crippen LogP contribution is 2.19. The van der Waals surface area contributed by atoms with Gasteiger partial charge in [-0.1, -0.05) is 391 Å². The fourth-order valence-corrected chi connectivity index (χ4v) is 12.3. The molecule has 0 radical (unpaired) electrons. The molecule has 0 heterocycles. The summed E-state index contributed by atoms with van der Waals surface area (Å²) in [6.45, 7) is 4.96. The number of rotatable bonds is 73. The number of aliphatic hydroxyl groups is 2. The average molecular weight is 1180 g/mol. The third kappa shape index (κ3) is 69.4. The van der Waals surface area contributed by atoms with Gasteiger partial charge >= 0.3 is 5.97 Å². The Morgan fingerprint density at radius 2 is 0.560 bits per heavy atom. The zero-order valence-electron chi connectivity index (χ0n) is 57.2. The molecule has 84 heavy (non-hydrogen) atoms. The van der Waals surface area contributed by atoms with E-state index in [1.165, 1.54) is 372 Å². The quantitative estimate of drug-likeness (QED) is 0.0320. The lowest BCUT2D eigenvalue weighted by molar-refractivity contribution is -0.143. The predicted octanol–water partition coefficient (Wildman–Crippen LogP) is 25.3. The summed E-state index contributed by atoms with van der Waals surface area (Å²) in [5.74, 6) is -0.0412. The van der Waals surface area contributed by atoms with Gasteiger partial charge in [0.25, 0.3) is 0 Å². The summed E-state index contributed by atoms with van der Waals surface area (Å²) < 4.78 is 5.51. The molecule has 0 bridgehead atoms. The first kappa shape index (κ1) is 82.3. The average Bonchev–Trinajstić information content (AvgIpc) is 3.51. The standard InChI is InChI=1S/C78H151NO5/c1-3-5-7-9-11-13-15-17-19-21-23-35-38-42-46-50-54-58-62-66-70-76(81)75(74-80)79-77(82)71-67-63-59-55-51-47-43-39-36-33-31-29-27-25-24-26-28-30-32-34-37-41-45-49-53-57-61-65-69-73-84-78(83)72-68-64-60-56-52-48-44-40-22-20-18-16-14-12-10-8-6-4-2/h24,26,66,70,75-76,80-81H,3-23,25,27-65,67-69,71-74H2,1-2H3,(H,79,82)/b26-24-,70-66+. The first-order valence-electron chi connectivity index (χ1n) is 38.6. The zero-order chi connectivity index (χ0) is 60.6. The van der Waals surface area contributed by atoms with E-state index in [9.17, 15) is 19.8 Å². The Morgan fingerprint density at radius 1 is 0.321 bits per heavy atom. The topological polar surface area (TPSA) is 95.9 Å². The molecular formula is C78H151NO5. The van der Waals surface area contributed by atoms with E-state index in [-0.39, 0.29) is 18.5 Å². The first-order chi connectivity index (χ1) is 41.5. The van der Waals surface area contributed by atoms with Crippen molar-refractivity contribution in [2.75, 3.05) is 13.2 Å². The number of esters is 1. The van der Waals surface area contributed by atoms with Crippen molar-refractivity contribution in [3.63, 3.8) is 0 Å². The van der Waals surface area contributed by atoms with Crippen LogP contribution in [0.4, 0.5) is 0 Å². The smallest absolute Gasteiger partial charge is 0.305 e. The van der Waals surface area contributed by atoms with Crippen molar-refractivity contribution in [1.82, 2.24) is 5.32 Å². The van der Waals surface area contributed by atoms with Gasteiger partial charge in [0.1, 0.15) is 0 Å². The minimum atomic E-state index is -0.845. The predicted molar refractivity (Wildman–Crippen MR) is 370 cm³/mol. The van der Waals surface area contributed by atoms with E-state index >= 15 is 0 Å². The Balaban J connectivity index is 3.37. The highest BCUT2D eigenvalue weighted by molar-refractivity contribution is 5.76.